The third-order valence-corrected chi connectivity index (χ3v) is 5.17. The lowest BCUT2D eigenvalue weighted by Gasteiger charge is -2.25. The Balaban J connectivity index is 1.37. The third kappa shape index (κ3) is 3.47. The Labute approximate surface area is 158 Å². The number of cyclic esters (lactones) is 1. The molecule has 4 rings (SSSR count). The van der Waals surface area contributed by atoms with Crippen molar-refractivity contribution in [2.24, 2.45) is 0 Å². The zero-order chi connectivity index (χ0) is 18.8. The Morgan fingerprint density at radius 1 is 1.22 bits per heavy atom. The standard InChI is InChI=1S/C21H23N3O3/c1-15-13-16-5-2-3-8-19(16)23(15)10-9-22-20(25)17-6-4-7-18(14-17)24-11-12-27-21(24)26/h2-8,14-15H,9-13H2,1H3,(H,22,25). The quantitative estimate of drug-likeness (QED) is 0.885. The number of anilines is 2. The molecule has 2 aromatic carbocycles. The van der Waals surface area contributed by atoms with Crippen molar-refractivity contribution in [2.45, 2.75) is 19.4 Å². The second kappa shape index (κ2) is 7.31. The van der Waals surface area contributed by atoms with E-state index >= 15 is 0 Å². The molecule has 2 aromatic rings. The first kappa shape index (κ1) is 17.4. The van der Waals surface area contributed by atoms with Gasteiger partial charge in [-0.25, -0.2) is 4.79 Å². The van der Waals surface area contributed by atoms with Gasteiger partial charge in [0.2, 0.25) is 0 Å². The maximum Gasteiger partial charge on any atom is 0.414 e. The van der Waals surface area contributed by atoms with E-state index in [4.69, 9.17) is 4.74 Å². The van der Waals surface area contributed by atoms with Crippen LogP contribution >= 0.6 is 0 Å². The normalized spacial score (nSPS) is 18.4. The molecule has 0 aliphatic carbocycles. The van der Waals surface area contributed by atoms with Crippen molar-refractivity contribution in [3.8, 4) is 0 Å². The number of nitrogens with zero attached hydrogens (tertiary/aromatic N) is 2. The third-order valence-electron chi connectivity index (χ3n) is 5.17. The summed E-state index contributed by atoms with van der Waals surface area (Å²) in [7, 11) is 0. The van der Waals surface area contributed by atoms with Gasteiger partial charge in [-0.3, -0.25) is 9.69 Å². The summed E-state index contributed by atoms with van der Waals surface area (Å²) in [6, 6.07) is 15.9. The Morgan fingerprint density at radius 2 is 2.07 bits per heavy atom. The first-order valence-corrected chi connectivity index (χ1v) is 9.30. The lowest BCUT2D eigenvalue weighted by atomic mass is 10.1. The maximum atomic E-state index is 12.5. The number of nitrogens with one attached hydrogen (secondary N) is 1. The van der Waals surface area contributed by atoms with Crippen molar-refractivity contribution in [2.75, 3.05) is 36.0 Å². The summed E-state index contributed by atoms with van der Waals surface area (Å²) in [5.74, 6) is -0.135. The summed E-state index contributed by atoms with van der Waals surface area (Å²) in [5, 5.41) is 2.99. The molecule has 1 atom stereocenters. The van der Waals surface area contributed by atoms with Crippen molar-refractivity contribution in [3.05, 3.63) is 59.7 Å². The SMILES string of the molecule is CC1Cc2ccccc2N1CCNC(=O)c1cccc(N2CCOC2=O)c1. The number of amides is 2. The number of carbonyl (C=O) groups excluding carboxylic acids is 2. The van der Waals surface area contributed by atoms with Gasteiger partial charge in [0.05, 0.1) is 6.54 Å². The van der Waals surface area contributed by atoms with Crippen molar-refractivity contribution < 1.29 is 14.3 Å². The van der Waals surface area contributed by atoms with Gasteiger partial charge >= 0.3 is 6.09 Å². The first-order valence-electron chi connectivity index (χ1n) is 9.30. The van der Waals surface area contributed by atoms with Crippen LogP contribution in [0.2, 0.25) is 0 Å². The van der Waals surface area contributed by atoms with Crippen molar-refractivity contribution in [1.82, 2.24) is 5.32 Å². The minimum absolute atomic E-state index is 0.135. The van der Waals surface area contributed by atoms with E-state index in [1.807, 2.05) is 6.07 Å². The van der Waals surface area contributed by atoms with Crippen LogP contribution in [-0.4, -0.2) is 44.3 Å². The van der Waals surface area contributed by atoms with Crippen molar-refractivity contribution in [3.63, 3.8) is 0 Å². The van der Waals surface area contributed by atoms with Crippen LogP contribution in [0.15, 0.2) is 48.5 Å². The van der Waals surface area contributed by atoms with Crippen molar-refractivity contribution in [1.29, 1.82) is 0 Å². The predicted molar refractivity (Wildman–Crippen MR) is 104 cm³/mol. The fourth-order valence-electron chi connectivity index (χ4n) is 3.81. The average molecular weight is 365 g/mol. The Bertz CT molecular complexity index is 867. The molecule has 6 heteroatoms. The molecule has 0 radical (unpaired) electrons. The van der Waals surface area contributed by atoms with E-state index < -0.39 is 0 Å². The summed E-state index contributed by atoms with van der Waals surface area (Å²) in [4.78, 5) is 28.1. The number of fused-ring (bicyclic) bond motifs is 1. The highest BCUT2D eigenvalue weighted by molar-refractivity contribution is 5.97. The molecule has 2 heterocycles. The van der Waals surface area contributed by atoms with Crippen LogP contribution in [0.3, 0.4) is 0 Å². The summed E-state index contributed by atoms with van der Waals surface area (Å²) < 4.78 is 4.96. The minimum atomic E-state index is -0.366. The molecule has 0 aromatic heterocycles. The monoisotopic (exact) mass is 365 g/mol. The molecule has 0 spiro atoms. The van der Waals surface area contributed by atoms with E-state index in [1.165, 1.54) is 11.3 Å². The number of ether oxygens (including phenoxy) is 1. The molecule has 1 fully saturated rings. The molecule has 6 nitrogen and oxygen atoms in total. The van der Waals surface area contributed by atoms with E-state index in [-0.39, 0.29) is 12.0 Å². The van der Waals surface area contributed by atoms with E-state index in [1.54, 1.807) is 23.1 Å². The summed E-state index contributed by atoms with van der Waals surface area (Å²) >= 11 is 0. The minimum Gasteiger partial charge on any atom is -0.447 e. The van der Waals surface area contributed by atoms with E-state index in [9.17, 15) is 9.59 Å². The molecule has 1 saturated heterocycles. The molecule has 0 bridgehead atoms. The summed E-state index contributed by atoms with van der Waals surface area (Å²) in [6.07, 6.45) is 0.673. The van der Waals surface area contributed by atoms with Crippen LogP contribution in [0, 0.1) is 0 Å². The van der Waals surface area contributed by atoms with Crippen LogP contribution in [0.1, 0.15) is 22.8 Å². The smallest absolute Gasteiger partial charge is 0.414 e. The zero-order valence-electron chi connectivity index (χ0n) is 15.4. The number of rotatable bonds is 5. The van der Waals surface area contributed by atoms with Gasteiger partial charge < -0.3 is 15.0 Å². The number of para-hydroxylation sites is 1. The van der Waals surface area contributed by atoms with Crippen LogP contribution in [0.25, 0.3) is 0 Å². The predicted octanol–water partition coefficient (Wildman–Crippen LogP) is 2.82. The topological polar surface area (TPSA) is 61.9 Å². The van der Waals surface area contributed by atoms with Gasteiger partial charge in [0.1, 0.15) is 6.61 Å². The fourth-order valence-corrected chi connectivity index (χ4v) is 3.81. The second-order valence-electron chi connectivity index (χ2n) is 6.95. The van der Waals surface area contributed by atoms with Crippen molar-refractivity contribution >= 4 is 23.4 Å². The van der Waals surface area contributed by atoms with Gasteiger partial charge in [-0.15, -0.1) is 0 Å². The number of benzene rings is 2. The molecule has 140 valence electrons. The highest BCUT2D eigenvalue weighted by Gasteiger charge is 2.26. The van der Waals surface area contributed by atoms with Crippen LogP contribution in [0.4, 0.5) is 16.2 Å². The van der Waals surface area contributed by atoms with E-state index in [0.29, 0.717) is 37.0 Å². The first-order chi connectivity index (χ1) is 13.1. The van der Waals surface area contributed by atoms with E-state index in [0.717, 1.165) is 13.0 Å². The van der Waals surface area contributed by atoms with Gasteiger partial charge in [0, 0.05) is 36.1 Å². The largest absolute Gasteiger partial charge is 0.447 e. The van der Waals surface area contributed by atoms with Gasteiger partial charge in [-0.05, 0) is 43.2 Å². The molecular weight excluding hydrogens is 342 g/mol. The van der Waals surface area contributed by atoms with Crippen LogP contribution in [0.5, 0.6) is 0 Å². The van der Waals surface area contributed by atoms with Crippen LogP contribution < -0.4 is 15.1 Å². The maximum absolute atomic E-state index is 12.5. The Morgan fingerprint density at radius 3 is 2.89 bits per heavy atom. The molecule has 2 aliphatic rings. The second-order valence-corrected chi connectivity index (χ2v) is 6.95. The van der Waals surface area contributed by atoms with Gasteiger partial charge in [0.25, 0.3) is 5.91 Å². The summed E-state index contributed by atoms with van der Waals surface area (Å²) in [6.45, 7) is 4.43. The van der Waals surface area contributed by atoms with Gasteiger partial charge in [0.15, 0.2) is 0 Å². The molecule has 1 unspecified atom stereocenters. The van der Waals surface area contributed by atoms with Gasteiger partial charge in [-0.1, -0.05) is 24.3 Å². The Kier molecular flexibility index (Phi) is 4.71. The Hall–Kier alpha value is -3.02. The lowest BCUT2D eigenvalue weighted by molar-refractivity contribution is 0.0954. The number of hydrogen-bond acceptors (Lipinski definition) is 4. The number of carbonyl (C=O) groups is 2. The molecule has 2 aliphatic heterocycles. The molecule has 27 heavy (non-hydrogen) atoms. The zero-order valence-corrected chi connectivity index (χ0v) is 15.4. The molecule has 0 saturated carbocycles. The highest BCUT2D eigenvalue weighted by atomic mass is 16.6. The summed E-state index contributed by atoms with van der Waals surface area (Å²) in [5.41, 5.74) is 3.85. The lowest BCUT2D eigenvalue weighted by Crippen LogP contribution is -2.37. The molecular formula is C21H23N3O3. The highest BCUT2D eigenvalue weighted by Crippen LogP contribution is 2.31. The number of hydrogen-bond donors (Lipinski definition) is 1. The van der Waals surface area contributed by atoms with Crippen LogP contribution in [-0.2, 0) is 11.2 Å². The molecule has 1 N–H and O–H groups in total. The fraction of sp³-hybridized carbons (Fsp3) is 0.333. The molecule has 2 amide bonds. The van der Waals surface area contributed by atoms with E-state index in [2.05, 4.69) is 41.4 Å². The average Bonchev–Trinajstić information content (AvgIpc) is 3.25. The van der Waals surface area contributed by atoms with Gasteiger partial charge in [-0.2, -0.15) is 0 Å².